The fourth-order valence-electron chi connectivity index (χ4n) is 2.32. The molecule has 5 nitrogen and oxygen atoms in total. The number of pyridine rings is 1. The number of aromatic nitrogens is 2. The number of anilines is 2. The summed E-state index contributed by atoms with van der Waals surface area (Å²) in [5.74, 6) is -0.575. The van der Waals surface area contributed by atoms with Crippen molar-refractivity contribution in [2.45, 2.75) is 6.18 Å². The van der Waals surface area contributed by atoms with Crippen molar-refractivity contribution in [3.05, 3.63) is 60.0 Å². The number of hydrogen-bond acceptors (Lipinski definition) is 3. The minimum absolute atomic E-state index is 0.0610. The number of carbonyl (C=O) groups is 1. The standard InChI is InChI=1S/C17H15F3N4O/c1-23(2)13-6-7-15-22-14(10-24(15)9-13)16(25)21-12-5-3-4-11(8-12)17(18,19)20/h3-10H,1-2H3,(H,21,25). The number of halogens is 3. The fourth-order valence-corrected chi connectivity index (χ4v) is 2.32. The summed E-state index contributed by atoms with van der Waals surface area (Å²) in [6.07, 6.45) is -1.12. The third kappa shape index (κ3) is 3.57. The highest BCUT2D eigenvalue weighted by molar-refractivity contribution is 6.03. The number of rotatable bonds is 3. The van der Waals surface area contributed by atoms with E-state index in [-0.39, 0.29) is 11.4 Å². The van der Waals surface area contributed by atoms with Crippen LogP contribution < -0.4 is 10.2 Å². The number of carbonyl (C=O) groups excluding carboxylic acids is 1. The molecular weight excluding hydrogens is 333 g/mol. The second-order valence-electron chi connectivity index (χ2n) is 5.71. The Morgan fingerprint density at radius 3 is 2.60 bits per heavy atom. The van der Waals surface area contributed by atoms with E-state index in [2.05, 4.69) is 10.3 Å². The summed E-state index contributed by atoms with van der Waals surface area (Å²) in [5, 5.41) is 2.44. The van der Waals surface area contributed by atoms with Gasteiger partial charge < -0.3 is 14.6 Å². The Labute approximate surface area is 141 Å². The van der Waals surface area contributed by atoms with Gasteiger partial charge in [-0.25, -0.2) is 4.98 Å². The monoisotopic (exact) mass is 348 g/mol. The molecule has 0 atom stereocenters. The molecule has 1 amide bonds. The number of benzene rings is 1. The molecule has 0 aliphatic rings. The third-order valence-electron chi connectivity index (χ3n) is 3.63. The van der Waals surface area contributed by atoms with E-state index in [1.807, 2.05) is 31.3 Å². The van der Waals surface area contributed by atoms with Gasteiger partial charge in [-0.05, 0) is 30.3 Å². The van der Waals surface area contributed by atoms with Gasteiger partial charge in [0, 0.05) is 32.2 Å². The Morgan fingerprint density at radius 2 is 1.92 bits per heavy atom. The molecule has 2 heterocycles. The van der Waals surface area contributed by atoms with Crippen LogP contribution in [0.2, 0.25) is 0 Å². The normalized spacial score (nSPS) is 11.6. The summed E-state index contributed by atoms with van der Waals surface area (Å²) in [5.41, 5.74) is 0.852. The molecule has 1 aromatic carbocycles. The summed E-state index contributed by atoms with van der Waals surface area (Å²) in [6.45, 7) is 0. The zero-order chi connectivity index (χ0) is 18.2. The highest BCUT2D eigenvalue weighted by Crippen LogP contribution is 2.30. The highest BCUT2D eigenvalue weighted by atomic mass is 19.4. The lowest BCUT2D eigenvalue weighted by Gasteiger charge is -2.11. The van der Waals surface area contributed by atoms with Crippen molar-refractivity contribution < 1.29 is 18.0 Å². The summed E-state index contributed by atoms with van der Waals surface area (Å²) in [4.78, 5) is 18.4. The summed E-state index contributed by atoms with van der Waals surface area (Å²) >= 11 is 0. The molecule has 0 saturated heterocycles. The SMILES string of the molecule is CN(C)c1ccc2nc(C(=O)Nc3cccc(C(F)(F)F)c3)cn2c1. The van der Waals surface area contributed by atoms with E-state index in [4.69, 9.17) is 0 Å². The molecule has 0 bridgehead atoms. The van der Waals surface area contributed by atoms with Crippen molar-refractivity contribution in [1.29, 1.82) is 0 Å². The minimum atomic E-state index is -4.47. The van der Waals surface area contributed by atoms with Crippen LogP contribution in [-0.2, 0) is 6.18 Å². The second-order valence-corrected chi connectivity index (χ2v) is 5.71. The second kappa shape index (κ2) is 6.12. The van der Waals surface area contributed by atoms with Crippen molar-refractivity contribution >= 4 is 22.9 Å². The Morgan fingerprint density at radius 1 is 1.16 bits per heavy atom. The first-order valence-electron chi connectivity index (χ1n) is 7.39. The van der Waals surface area contributed by atoms with Crippen LogP contribution in [0.15, 0.2) is 48.8 Å². The summed E-state index contributed by atoms with van der Waals surface area (Å²) in [7, 11) is 3.78. The Balaban J connectivity index is 1.85. The molecule has 2 aromatic heterocycles. The number of nitrogens with zero attached hydrogens (tertiary/aromatic N) is 3. The predicted octanol–water partition coefficient (Wildman–Crippen LogP) is 3.67. The number of amides is 1. The third-order valence-corrected chi connectivity index (χ3v) is 3.63. The Bertz CT molecular complexity index is 931. The zero-order valence-electron chi connectivity index (χ0n) is 13.5. The lowest BCUT2D eigenvalue weighted by Crippen LogP contribution is -2.13. The van der Waals surface area contributed by atoms with E-state index in [0.717, 1.165) is 17.8 Å². The van der Waals surface area contributed by atoms with Crippen molar-refractivity contribution in [3.8, 4) is 0 Å². The Kier molecular flexibility index (Phi) is 4.12. The average molecular weight is 348 g/mol. The average Bonchev–Trinajstić information content (AvgIpc) is 2.97. The van der Waals surface area contributed by atoms with E-state index in [0.29, 0.717) is 5.65 Å². The van der Waals surface area contributed by atoms with Gasteiger partial charge in [0.2, 0.25) is 0 Å². The first kappa shape index (κ1) is 16.8. The van der Waals surface area contributed by atoms with Crippen molar-refractivity contribution in [3.63, 3.8) is 0 Å². The topological polar surface area (TPSA) is 49.6 Å². The maximum atomic E-state index is 12.7. The van der Waals surface area contributed by atoms with Gasteiger partial charge in [-0.2, -0.15) is 13.2 Å². The van der Waals surface area contributed by atoms with Crippen LogP contribution in [0.5, 0.6) is 0 Å². The molecule has 8 heteroatoms. The molecule has 3 rings (SSSR count). The van der Waals surface area contributed by atoms with Crippen LogP contribution in [0, 0.1) is 0 Å². The van der Waals surface area contributed by atoms with Crippen molar-refractivity contribution in [1.82, 2.24) is 9.38 Å². The van der Waals surface area contributed by atoms with Crippen LogP contribution in [0.25, 0.3) is 5.65 Å². The van der Waals surface area contributed by atoms with E-state index in [1.54, 1.807) is 10.5 Å². The molecule has 25 heavy (non-hydrogen) atoms. The fraction of sp³-hybridized carbons (Fsp3) is 0.176. The van der Waals surface area contributed by atoms with Gasteiger partial charge in [-0.3, -0.25) is 4.79 Å². The maximum absolute atomic E-state index is 12.7. The number of hydrogen-bond donors (Lipinski definition) is 1. The molecular formula is C17H15F3N4O. The lowest BCUT2D eigenvalue weighted by atomic mass is 10.2. The zero-order valence-corrected chi connectivity index (χ0v) is 13.5. The van der Waals surface area contributed by atoms with E-state index < -0.39 is 17.6 Å². The van der Waals surface area contributed by atoms with Crippen molar-refractivity contribution in [2.75, 3.05) is 24.3 Å². The predicted molar refractivity (Wildman–Crippen MR) is 88.9 cm³/mol. The molecule has 0 fully saturated rings. The summed E-state index contributed by atoms with van der Waals surface area (Å²) < 4.78 is 39.9. The van der Waals surface area contributed by atoms with Gasteiger partial charge in [-0.15, -0.1) is 0 Å². The minimum Gasteiger partial charge on any atom is -0.376 e. The Hall–Kier alpha value is -3.03. The molecule has 1 N–H and O–H groups in total. The van der Waals surface area contributed by atoms with Gasteiger partial charge >= 0.3 is 6.18 Å². The molecule has 0 aliphatic carbocycles. The first-order chi connectivity index (χ1) is 11.7. The number of alkyl halides is 3. The summed E-state index contributed by atoms with van der Waals surface area (Å²) in [6, 6.07) is 8.09. The maximum Gasteiger partial charge on any atom is 0.416 e. The van der Waals surface area contributed by atoms with Crippen LogP contribution >= 0.6 is 0 Å². The number of fused-ring (bicyclic) bond motifs is 1. The van der Waals surface area contributed by atoms with Gasteiger partial charge in [-0.1, -0.05) is 6.07 Å². The molecule has 0 radical (unpaired) electrons. The van der Waals surface area contributed by atoms with Crippen LogP contribution in [0.1, 0.15) is 16.1 Å². The molecule has 0 unspecified atom stereocenters. The van der Waals surface area contributed by atoms with Gasteiger partial charge in [0.1, 0.15) is 11.3 Å². The molecule has 0 aliphatic heterocycles. The lowest BCUT2D eigenvalue weighted by molar-refractivity contribution is -0.137. The molecule has 0 saturated carbocycles. The largest absolute Gasteiger partial charge is 0.416 e. The van der Waals surface area contributed by atoms with Gasteiger partial charge in [0.25, 0.3) is 5.91 Å². The van der Waals surface area contributed by atoms with Crippen LogP contribution in [0.4, 0.5) is 24.5 Å². The molecule has 130 valence electrons. The number of imidazole rings is 1. The van der Waals surface area contributed by atoms with E-state index >= 15 is 0 Å². The van der Waals surface area contributed by atoms with Crippen molar-refractivity contribution in [2.24, 2.45) is 0 Å². The van der Waals surface area contributed by atoms with Crippen LogP contribution in [0.3, 0.4) is 0 Å². The molecule has 0 spiro atoms. The number of nitrogens with one attached hydrogen (secondary N) is 1. The van der Waals surface area contributed by atoms with Crippen LogP contribution in [-0.4, -0.2) is 29.4 Å². The highest BCUT2D eigenvalue weighted by Gasteiger charge is 2.30. The van der Waals surface area contributed by atoms with E-state index in [9.17, 15) is 18.0 Å². The van der Waals surface area contributed by atoms with E-state index in [1.165, 1.54) is 18.3 Å². The first-order valence-corrected chi connectivity index (χ1v) is 7.39. The van der Waals surface area contributed by atoms with Gasteiger partial charge in [0.05, 0.1) is 11.3 Å². The quantitative estimate of drug-likeness (QED) is 0.786. The smallest absolute Gasteiger partial charge is 0.376 e. The van der Waals surface area contributed by atoms with Gasteiger partial charge in [0.15, 0.2) is 0 Å². The molecule has 3 aromatic rings.